The first-order chi connectivity index (χ1) is 4.54. The average Bonchev–Trinajstić information content (AvgIpc) is 1.82. The number of hydroxylamine groups is 1. The topological polar surface area (TPSA) is 21.3 Å². The van der Waals surface area contributed by atoms with Crippen LogP contribution in [0.4, 0.5) is 0 Å². The van der Waals surface area contributed by atoms with Crippen LogP contribution in [0.25, 0.3) is 0 Å². The fourth-order valence-corrected chi connectivity index (χ4v) is 0.379. The molecule has 1 N–H and O–H groups in total. The third-order valence-corrected chi connectivity index (χ3v) is 1.43. The summed E-state index contributed by atoms with van der Waals surface area (Å²) in [7, 11) is 0. The number of hydrogen-bond acceptors (Lipinski definition) is 2. The van der Waals surface area contributed by atoms with E-state index in [1.165, 1.54) is 0 Å². The smallest absolute Gasteiger partial charge is 0.0785 e. The van der Waals surface area contributed by atoms with E-state index >= 15 is 0 Å². The second-order valence-electron chi connectivity index (χ2n) is 3.34. The highest BCUT2D eigenvalue weighted by atomic mass is 16.7. The Morgan fingerprint density at radius 3 is 1.80 bits per heavy atom. The molecule has 0 spiro atoms. The Balaban J connectivity index is 3.30. The van der Waals surface area contributed by atoms with Crippen molar-refractivity contribution in [2.24, 2.45) is 5.92 Å². The Labute approximate surface area is 63.9 Å². The van der Waals surface area contributed by atoms with E-state index in [2.05, 4.69) is 40.1 Å². The van der Waals surface area contributed by atoms with Gasteiger partial charge in [0.1, 0.15) is 0 Å². The molecule has 0 aromatic carbocycles. The number of nitrogens with one attached hydrogen (secondary N) is 1. The zero-order valence-corrected chi connectivity index (χ0v) is 7.64. The largest absolute Gasteiger partial charge is 0.298 e. The molecule has 0 unspecified atom stereocenters. The van der Waals surface area contributed by atoms with Gasteiger partial charge in [0.2, 0.25) is 0 Å². The van der Waals surface area contributed by atoms with Gasteiger partial charge in [-0.1, -0.05) is 13.8 Å². The van der Waals surface area contributed by atoms with Gasteiger partial charge in [-0.05, 0) is 26.7 Å². The Bertz CT molecular complexity index is 81.3. The second kappa shape index (κ2) is 4.69. The molecule has 0 bridgehead atoms. The molecule has 0 aliphatic heterocycles. The van der Waals surface area contributed by atoms with Gasteiger partial charge in [-0.3, -0.25) is 4.84 Å². The van der Waals surface area contributed by atoms with Crippen LogP contribution in [-0.2, 0) is 4.84 Å². The summed E-state index contributed by atoms with van der Waals surface area (Å²) in [5.41, 5.74) is 2.93. The van der Waals surface area contributed by atoms with Crippen LogP contribution in [0.5, 0.6) is 0 Å². The molecule has 0 rings (SSSR count). The van der Waals surface area contributed by atoms with E-state index in [0.717, 1.165) is 0 Å². The molecule has 0 heterocycles. The van der Waals surface area contributed by atoms with Gasteiger partial charge in [0.25, 0.3) is 0 Å². The van der Waals surface area contributed by atoms with Crippen molar-refractivity contribution in [1.29, 1.82) is 0 Å². The van der Waals surface area contributed by atoms with E-state index in [9.17, 15) is 0 Å². The van der Waals surface area contributed by atoms with Crippen molar-refractivity contribution in [1.82, 2.24) is 5.48 Å². The number of rotatable bonds is 4. The lowest BCUT2D eigenvalue weighted by Gasteiger charge is -2.18. The lowest BCUT2D eigenvalue weighted by molar-refractivity contribution is -0.0496. The molecule has 0 saturated carbocycles. The third kappa shape index (κ3) is 4.77. The number of hydrogen-bond donors (Lipinski definition) is 1. The first-order valence-corrected chi connectivity index (χ1v) is 3.95. The first-order valence-electron chi connectivity index (χ1n) is 3.95. The molecular weight excluding hydrogens is 126 g/mol. The highest BCUT2D eigenvalue weighted by Gasteiger charge is 2.06. The summed E-state index contributed by atoms with van der Waals surface area (Å²) < 4.78 is 0. The normalized spacial score (nSPS) is 14.7. The van der Waals surface area contributed by atoms with Crippen LogP contribution in [-0.4, -0.2) is 12.1 Å². The third-order valence-electron chi connectivity index (χ3n) is 1.43. The molecule has 0 radical (unpaired) electrons. The molecule has 0 fully saturated rings. The maximum absolute atomic E-state index is 5.31. The Kier molecular flexibility index (Phi) is 4.65. The van der Waals surface area contributed by atoms with Crippen LogP contribution in [0.15, 0.2) is 0 Å². The lowest BCUT2D eigenvalue weighted by Crippen LogP contribution is -2.30. The maximum Gasteiger partial charge on any atom is 0.0785 e. The fourth-order valence-electron chi connectivity index (χ4n) is 0.379. The minimum Gasteiger partial charge on any atom is -0.298 e. The summed E-state index contributed by atoms with van der Waals surface area (Å²) >= 11 is 0. The molecule has 2 nitrogen and oxygen atoms in total. The van der Waals surface area contributed by atoms with Crippen LogP contribution in [0, 0.1) is 5.92 Å². The molecular formula is C8H19NO. The SMILES string of the molecule is CC(C)NO[C@@H](C)C(C)C. The molecule has 2 heteroatoms. The second-order valence-corrected chi connectivity index (χ2v) is 3.34. The van der Waals surface area contributed by atoms with Gasteiger partial charge in [-0.15, -0.1) is 0 Å². The predicted octanol–water partition coefficient (Wildman–Crippen LogP) is 1.96. The lowest BCUT2D eigenvalue weighted by atomic mass is 10.1. The van der Waals surface area contributed by atoms with Gasteiger partial charge in [0.15, 0.2) is 0 Å². The van der Waals surface area contributed by atoms with E-state index in [1.54, 1.807) is 0 Å². The highest BCUT2D eigenvalue weighted by molar-refractivity contribution is 4.53. The monoisotopic (exact) mass is 145 g/mol. The van der Waals surface area contributed by atoms with Crippen molar-refractivity contribution in [3.63, 3.8) is 0 Å². The summed E-state index contributed by atoms with van der Waals surface area (Å²) in [6.07, 6.45) is 0.294. The molecule has 0 aromatic rings. The summed E-state index contributed by atoms with van der Waals surface area (Å²) in [6.45, 7) is 10.5. The molecule has 0 aliphatic rings. The van der Waals surface area contributed by atoms with Crippen molar-refractivity contribution in [2.45, 2.75) is 46.8 Å². The molecule has 0 aromatic heterocycles. The van der Waals surface area contributed by atoms with Crippen molar-refractivity contribution in [3.8, 4) is 0 Å². The van der Waals surface area contributed by atoms with Gasteiger partial charge < -0.3 is 0 Å². The van der Waals surface area contributed by atoms with Gasteiger partial charge >= 0.3 is 0 Å². The van der Waals surface area contributed by atoms with Crippen molar-refractivity contribution < 1.29 is 4.84 Å². The van der Waals surface area contributed by atoms with E-state index in [1.807, 2.05) is 0 Å². The van der Waals surface area contributed by atoms with Crippen LogP contribution in [0.3, 0.4) is 0 Å². The standard InChI is InChI=1S/C8H19NO/c1-6(2)8(5)10-9-7(3)4/h6-9H,1-5H3/t8-/m0/s1. The zero-order valence-electron chi connectivity index (χ0n) is 7.64. The summed E-state index contributed by atoms with van der Waals surface area (Å²) in [6, 6.07) is 0.404. The van der Waals surface area contributed by atoms with Crippen molar-refractivity contribution >= 4 is 0 Å². The fraction of sp³-hybridized carbons (Fsp3) is 1.00. The summed E-state index contributed by atoms with van der Waals surface area (Å²) in [5.74, 6) is 0.575. The molecule has 1 atom stereocenters. The van der Waals surface area contributed by atoms with Crippen LogP contribution >= 0.6 is 0 Å². The predicted molar refractivity (Wildman–Crippen MR) is 43.7 cm³/mol. The van der Waals surface area contributed by atoms with Crippen LogP contribution in [0.2, 0.25) is 0 Å². The molecule has 0 amide bonds. The van der Waals surface area contributed by atoms with Crippen LogP contribution < -0.4 is 5.48 Å². The molecule has 10 heavy (non-hydrogen) atoms. The van der Waals surface area contributed by atoms with Gasteiger partial charge in [0, 0.05) is 6.04 Å². The molecule has 62 valence electrons. The minimum absolute atomic E-state index is 0.294. The summed E-state index contributed by atoms with van der Waals surface area (Å²) in [4.78, 5) is 5.31. The van der Waals surface area contributed by atoms with Gasteiger partial charge in [-0.2, -0.15) is 5.48 Å². The molecule has 0 saturated heterocycles. The Morgan fingerprint density at radius 2 is 1.50 bits per heavy atom. The Morgan fingerprint density at radius 1 is 1.00 bits per heavy atom. The average molecular weight is 145 g/mol. The minimum atomic E-state index is 0.294. The van der Waals surface area contributed by atoms with E-state index in [0.29, 0.717) is 18.1 Å². The van der Waals surface area contributed by atoms with Gasteiger partial charge in [-0.25, -0.2) is 0 Å². The Hall–Kier alpha value is -0.0800. The van der Waals surface area contributed by atoms with Crippen LogP contribution in [0.1, 0.15) is 34.6 Å². The maximum atomic E-state index is 5.31. The zero-order chi connectivity index (χ0) is 8.15. The first kappa shape index (κ1) is 9.92. The highest BCUT2D eigenvalue weighted by Crippen LogP contribution is 2.02. The van der Waals surface area contributed by atoms with E-state index in [-0.39, 0.29) is 0 Å². The van der Waals surface area contributed by atoms with Crippen molar-refractivity contribution in [2.75, 3.05) is 0 Å². The quantitative estimate of drug-likeness (QED) is 0.611. The van der Waals surface area contributed by atoms with Gasteiger partial charge in [0.05, 0.1) is 6.10 Å². The molecule has 0 aliphatic carbocycles. The van der Waals surface area contributed by atoms with E-state index < -0.39 is 0 Å². The van der Waals surface area contributed by atoms with E-state index in [4.69, 9.17) is 4.84 Å². The van der Waals surface area contributed by atoms with Crippen molar-refractivity contribution in [3.05, 3.63) is 0 Å². The summed E-state index contributed by atoms with van der Waals surface area (Å²) in [5, 5.41) is 0.